The van der Waals surface area contributed by atoms with Crippen molar-refractivity contribution in [2.45, 2.75) is 38.6 Å². The quantitative estimate of drug-likeness (QED) is 0.737. The van der Waals surface area contributed by atoms with Crippen molar-refractivity contribution >= 4 is 5.82 Å². The number of aromatic nitrogens is 2. The van der Waals surface area contributed by atoms with Gasteiger partial charge in [-0.15, -0.1) is 0 Å². The van der Waals surface area contributed by atoms with Crippen molar-refractivity contribution in [2.24, 2.45) is 5.92 Å². The van der Waals surface area contributed by atoms with Crippen molar-refractivity contribution in [2.75, 3.05) is 11.9 Å². The third-order valence-electron chi connectivity index (χ3n) is 3.44. The summed E-state index contributed by atoms with van der Waals surface area (Å²) in [7, 11) is 0. The standard InChI is InChI=1S/C11H17N3/c1-8-6-12-11-5-10(9-3-2-4-9)13-14(11)7-8/h5,8-9,12H,2-4,6-7H2,1H3. The molecule has 2 aliphatic rings. The molecule has 1 saturated carbocycles. The summed E-state index contributed by atoms with van der Waals surface area (Å²) in [5.74, 6) is 2.69. The van der Waals surface area contributed by atoms with E-state index in [2.05, 4.69) is 28.1 Å². The van der Waals surface area contributed by atoms with Crippen molar-refractivity contribution in [1.29, 1.82) is 0 Å². The van der Waals surface area contributed by atoms with Gasteiger partial charge in [0.15, 0.2) is 0 Å². The number of anilines is 1. The maximum atomic E-state index is 4.68. The molecule has 1 aliphatic heterocycles. The molecule has 3 heteroatoms. The summed E-state index contributed by atoms with van der Waals surface area (Å²) in [6.45, 7) is 4.44. The molecule has 0 aromatic carbocycles. The van der Waals surface area contributed by atoms with Crippen LogP contribution in [0.2, 0.25) is 0 Å². The summed E-state index contributed by atoms with van der Waals surface area (Å²) in [4.78, 5) is 0. The molecule has 3 nitrogen and oxygen atoms in total. The summed E-state index contributed by atoms with van der Waals surface area (Å²) in [5, 5.41) is 8.11. The first-order valence-electron chi connectivity index (χ1n) is 5.64. The van der Waals surface area contributed by atoms with E-state index >= 15 is 0 Å². The molecule has 0 saturated heterocycles. The van der Waals surface area contributed by atoms with E-state index in [9.17, 15) is 0 Å². The van der Waals surface area contributed by atoms with Gasteiger partial charge in [0, 0.05) is 25.1 Å². The van der Waals surface area contributed by atoms with Crippen molar-refractivity contribution in [3.05, 3.63) is 11.8 Å². The lowest BCUT2D eigenvalue weighted by atomic mass is 9.83. The van der Waals surface area contributed by atoms with Gasteiger partial charge in [0.1, 0.15) is 5.82 Å². The Morgan fingerprint density at radius 3 is 3.07 bits per heavy atom. The summed E-state index contributed by atoms with van der Waals surface area (Å²) in [6.07, 6.45) is 4.06. The second-order valence-electron chi connectivity index (χ2n) is 4.75. The van der Waals surface area contributed by atoms with Crippen LogP contribution in [-0.2, 0) is 6.54 Å². The number of nitrogens with zero attached hydrogens (tertiary/aromatic N) is 2. The van der Waals surface area contributed by atoms with Gasteiger partial charge in [-0.3, -0.25) is 0 Å². The molecule has 1 aromatic heterocycles. The minimum atomic E-state index is 0.705. The molecule has 0 amide bonds. The third kappa shape index (κ3) is 1.22. The van der Waals surface area contributed by atoms with Crippen LogP contribution in [-0.4, -0.2) is 16.3 Å². The Labute approximate surface area is 84.5 Å². The van der Waals surface area contributed by atoms with Crippen LogP contribution in [0.25, 0.3) is 0 Å². The lowest BCUT2D eigenvalue weighted by Gasteiger charge is -2.23. The topological polar surface area (TPSA) is 29.9 Å². The molecule has 0 spiro atoms. The minimum Gasteiger partial charge on any atom is -0.370 e. The largest absolute Gasteiger partial charge is 0.370 e. The summed E-state index contributed by atoms with van der Waals surface area (Å²) >= 11 is 0. The molecule has 1 aromatic rings. The molecule has 14 heavy (non-hydrogen) atoms. The molecule has 1 atom stereocenters. The molecule has 0 bridgehead atoms. The van der Waals surface area contributed by atoms with Crippen LogP contribution in [0.1, 0.15) is 37.8 Å². The lowest BCUT2D eigenvalue weighted by Crippen LogP contribution is -2.25. The second-order valence-corrected chi connectivity index (χ2v) is 4.75. The number of hydrogen-bond acceptors (Lipinski definition) is 2. The van der Waals surface area contributed by atoms with Gasteiger partial charge >= 0.3 is 0 Å². The minimum absolute atomic E-state index is 0.705. The zero-order valence-electron chi connectivity index (χ0n) is 8.66. The second kappa shape index (κ2) is 3.01. The summed E-state index contributed by atoms with van der Waals surface area (Å²) in [6, 6.07) is 2.25. The first-order chi connectivity index (χ1) is 6.83. The van der Waals surface area contributed by atoms with Crippen molar-refractivity contribution in [3.63, 3.8) is 0 Å². The number of fused-ring (bicyclic) bond motifs is 1. The molecule has 0 radical (unpaired) electrons. The van der Waals surface area contributed by atoms with Gasteiger partial charge in [-0.2, -0.15) is 5.10 Å². The maximum absolute atomic E-state index is 4.68. The van der Waals surface area contributed by atoms with Gasteiger partial charge in [0.25, 0.3) is 0 Å². The van der Waals surface area contributed by atoms with Gasteiger partial charge in [0.2, 0.25) is 0 Å². The Bertz CT molecular complexity index is 338. The monoisotopic (exact) mass is 191 g/mol. The number of hydrogen-bond donors (Lipinski definition) is 1. The molecule has 1 unspecified atom stereocenters. The van der Waals surface area contributed by atoms with Crippen molar-refractivity contribution in [3.8, 4) is 0 Å². The molecule has 76 valence electrons. The highest BCUT2D eigenvalue weighted by molar-refractivity contribution is 5.40. The molecule has 2 heterocycles. The zero-order chi connectivity index (χ0) is 9.54. The highest BCUT2D eigenvalue weighted by atomic mass is 15.3. The van der Waals surface area contributed by atoms with Gasteiger partial charge in [-0.05, 0) is 18.8 Å². The van der Waals surface area contributed by atoms with Gasteiger partial charge in [-0.25, -0.2) is 4.68 Å². The average Bonchev–Trinajstić information content (AvgIpc) is 2.43. The van der Waals surface area contributed by atoms with E-state index in [-0.39, 0.29) is 0 Å². The normalized spacial score (nSPS) is 26.5. The van der Waals surface area contributed by atoms with E-state index in [0.717, 1.165) is 19.0 Å². The van der Waals surface area contributed by atoms with E-state index < -0.39 is 0 Å². The van der Waals surface area contributed by atoms with E-state index in [4.69, 9.17) is 0 Å². The number of rotatable bonds is 1. The summed E-state index contributed by atoms with van der Waals surface area (Å²) in [5.41, 5.74) is 1.31. The van der Waals surface area contributed by atoms with Crippen LogP contribution in [0, 0.1) is 5.92 Å². The first kappa shape index (κ1) is 8.33. The molecule has 1 fully saturated rings. The van der Waals surface area contributed by atoms with E-state index in [1.165, 1.54) is 30.8 Å². The Morgan fingerprint density at radius 1 is 1.50 bits per heavy atom. The van der Waals surface area contributed by atoms with Gasteiger partial charge in [-0.1, -0.05) is 13.3 Å². The smallest absolute Gasteiger partial charge is 0.124 e. The predicted molar refractivity (Wildman–Crippen MR) is 56.5 cm³/mol. The highest BCUT2D eigenvalue weighted by Gasteiger charge is 2.25. The lowest BCUT2D eigenvalue weighted by molar-refractivity contribution is 0.395. The van der Waals surface area contributed by atoms with Crippen molar-refractivity contribution < 1.29 is 0 Å². The van der Waals surface area contributed by atoms with Crippen LogP contribution >= 0.6 is 0 Å². The van der Waals surface area contributed by atoms with Crippen LogP contribution in [0.3, 0.4) is 0 Å². The fourth-order valence-electron chi connectivity index (χ4n) is 2.26. The molecular weight excluding hydrogens is 174 g/mol. The highest BCUT2D eigenvalue weighted by Crippen LogP contribution is 2.37. The van der Waals surface area contributed by atoms with Crippen molar-refractivity contribution in [1.82, 2.24) is 9.78 Å². The fraction of sp³-hybridized carbons (Fsp3) is 0.727. The maximum Gasteiger partial charge on any atom is 0.124 e. The Balaban J connectivity index is 1.87. The Hall–Kier alpha value is -0.990. The number of nitrogens with one attached hydrogen (secondary N) is 1. The molecule has 3 rings (SSSR count). The van der Waals surface area contributed by atoms with E-state index in [1.807, 2.05) is 0 Å². The predicted octanol–water partition coefficient (Wildman–Crippen LogP) is 2.21. The summed E-state index contributed by atoms with van der Waals surface area (Å²) < 4.78 is 2.14. The first-order valence-corrected chi connectivity index (χ1v) is 5.64. The third-order valence-corrected chi connectivity index (χ3v) is 3.44. The molecular formula is C11H17N3. The Morgan fingerprint density at radius 2 is 2.36 bits per heavy atom. The van der Waals surface area contributed by atoms with Crippen LogP contribution in [0.5, 0.6) is 0 Å². The van der Waals surface area contributed by atoms with Crippen LogP contribution in [0.15, 0.2) is 6.07 Å². The van der Waals surface area contributed by atoms with Crippen LogP contribution in [0.4, 0.5) is 5.82 Å². The van der Waals surface area contributed by atoms with E-state index in [1.54, 1.807) is 0 Å². The van der Waals surface area contributed by atoms with E-state index in [0.29, 0.717) is 5.92 Å². The average molecular weight is 191 g/mol. The SMILES string of the molecule is CC1CNc2cc(C3CCC3)nn2C1. The van der Waals surface area contributed by atoms with Gasteiger partial charge in [0.05, 0.1) is 5.69 Å². The fourth-order valence-corrected chi connectivity index (χ4v) is 2.26. The molecule has 1 aliphatic carbocycles. The van der Waals surface area contributed by atoms with Gasteiger partial charge < -0.3 is 5.32 Å². The Kier molecular flexibility index (Phi) is 1.79. The zero-order valence-corrected chi connectivity index (χ0v) is 8.66. The molecule has 1 N–H and O–H groups in total. The van der Waals surface area contributed by atoms with Crippen LogP contribution < -0.4 is 5.32 Å².